The van der Waals surface area contributed by atoms with Gasteiger partial charge in [0.1, 0.15) is 31.2 Å². The fourth-order valence-electron chi connectivity index (χ4n) is 1.93. The lowest BCUT2D eigenvalue weighted by Gasteiger charge is -2.14. The van der Waals surface area contributed by atoms with Gasteiger partial charge in [0.2, 0.25) is 0 Å². The SMILES string of the molecule is C/C=C/COc1cc(C)c(OCSCC(C)=NOC)c(C)c1. The Morgan fingerprint density at radius 3 is 2.50 bits per heavy atom. The third-order valence-corrected chi connectivity index (χ3v) is 3.77. The molecule has 4 nitrogen and oxygen atoms in total. The molecule has 5 heteroatoms. The van der Waals surface area contributed by atoms with Crippen molar-refractivity contribution in [1.29, 1.82) is 0 Å². The first-order chi connectivity index (χ1) is 10.6. The van der Waals surface area contributed by atoms with Gasteiger partial charge in [0.05, 0.1) is 5.71 Å². The summed E-state index contributed by atoms with van der Waals surface area (Å²) in [5.41, 5.74) is 3.11. The molecule has 0 heterocycles. The van der Waals surface area contributed by atoms with Crippen LogP contribution in [0.25, 0.3) is 0 Å². The Morgan fingerprint density at radius 2 is 1.91 bits per heavy atom. The smallest absolute Gasteiger partial charge is 0.134 e. The molecule has 0 amide bonds. The first-order valence-electron chi connectivity index (χ1n) is 7.20. The monoisotopic (exact) mass is 323 g/mol. The molecule has 0 atom stereocenters. The molecule has 0 spiro atoms. The van der Waals surface area contributed by atoms with Crippen LogP contribution in [0.4, 0.5) is 0 Å². The lowest BCUT2D eigenvalue weighted by molar-refractivity contribution is 0.213. The van der Waals surface area contributed by atoms with E-state index in [1.54, 1.807) is 18.9 Å². The first kappa shape index (κ1) is 18.4. The summed E-state index contributed by atoms with van der Waals surface area (Å²) in [6.45, 7) is 8.57. The molecule has 0 unspecified atom stereocenters. The largest absolute Gasteiger partial charge is 0.490 e. The van der Waals surface area contributed by atoms with Crippen molar-refractivity contribution < 1.29 is 14.3 Å². The van der Waals surface area contributed by atoms with E-state index in [9.17, 15) is 0 Å². The van der Waals surface area contributed by atoms with Crippen LogP contribution in [0.1, 0.15) is 25.0 Å². The van der Waals surface area contributed by atoms with Gasteiger partial charge in [-0.15, -0.1) is 11.8 Å². The van der Waals surface area contributed by atoms with Crippen molar-refractivity contribution in [3.05, 3.63) is 35.4 Å². The van der Waals surface area contributed by atoms with Crippen LogP contribution >= 0.6 is 11.8 Å². The maximum absolute atomic E-state index is 5.87. The van der Waals surface area contributed by atoms with E-state index in [1.165, 1.54) is 0 Å². The van der Waals surface area contributed by atoms with Crippen molar-refractivity contribution in [2.24, 2.45) is 5.16 Å². The fraction of sp³-hybridized carbons (Fsp3) is 0.471. The van der Waals surface area contributed by atoms with Gasteiger partial charge in [-0.2, -0.15) is 0 Å². The predicted molar refractivity (Wildman–Crippen MR) is 94.3 cm³/mol. The van der Waals surface area contributed by atoms with Gasteiger partial charge < -0.3 is 14.3 Å². The minimum atomic E-state index is 0.580. The van der Waals surface area contributed by atoms with Crippen molar-refractivity contribution in [1.82, 2.24) is 0 Å². The van der Waals surface area contributed by atoms with E-state index in [1.807, 2.05) is 52.0 Å². The molecule has 0 bridgehead atoms. The highest BCUT2D eigenvalue weighted by atomic mass is 32.2. The summed E-state index contributed by atoms with van der Waals surface area (Å²) in [4.78, 5) is 4.73. The molecule has 1 rings (SSSR count). The van der Waals surface area contributed by atoms with Crippen LogP contribution in [-0.4, -0.2) is 31.1 Å². The summed E-state index contributed by atoms with van der Waals surface area (Å²) in [6, 6.07) is 4.02. The van der Waals surface area contributed by atoms with Crippen LogP contribution in [-0.2, 0) is 4.84 Å². The Balaban J connectivity index is 2.55. The number of aryl methyl sites for hydroxylation is 2. The van der Waals surface area contributed by atoms with Gasteiger partial charge in [-0.1, -0.05) is 17.3 Å². The molecule has 122 valence electrons. The average Bonchev–Trinajstić information content (AvgIpc) is 2.46. The zero-order chi connectivity index (χ0) is 16.4. The number of oxime groups is 1. The Morgan fingerprint density at radius 1 is 1.23 bits per heavy atom. The number of allylic oxidation sites excluding steroid dienone is 1. The van der Waals surface area contributed by atoms with Gasteiger partial charge >= 0.3 is 0 Å². The maximum atomic E-state index is 5.87. The lowest BCUT2D eigenvalue weighted by Crippen LogP contribution is -2.03. The third kappa shape index (κ3) is 6.43. The van der Waals surface area contributed by atoms with Crippen molar-refractivity contribution in [3.8, 4) is 11.5 Å². The minimum Gasteiger partial charge on any atom is -0.490 e. The van der Waals surface area contributed by atoms with E-state index in [0.29, 0.717) is 12.5 Å². The zero-order valence-electron chi connectivity index (χ0n) is 14.0. The number of hydrogen-bond donors (Lipinski definition) is 0. The van der Waals surface area contributed by atoms with E-state index in [-0.39, 0.29) is 0 Å². The molecular weight excluding hydrogens is 298 g/mol. The Hall–Kier alpha value is -1.62. The summed E-state index contributed by atoms with van der Waals surface area (Å²) in [5.74, 6) is 3.16. The second kappa shape index (κ2) is 10.2. The van der Waals surface area contributed by atoms with Crippen LogP contribution in [0, 0.1) is 13.8 Å². The van der Waals surface area contributed by atoms with Gasteiger partial charge in [0, 0.05) is 5.75 Å². The van der Waals surface area contributed by atoms with E-state index in [0.717, 1.165) is 34.1 Å². The van der Waals surface area contributed by atoms with E-state index in [4.69, 9.17) is 14.3 Å². The highest BCUT2D eigenvalue weighted by molar-refractivity contribution is 7.99. The number of hydrogen-bond acceptors (Lipinski definition) is 5. The molecular formula is C17H25NO3S. The number of thioether (sulfide) groups is 1. The van der Waals surface area contributed by atoms with E-state index in [2.05, 4.69) is 5.16 Å². The molecule has 22 heavy (non-hydrogen) atoms. The van der Waals surface area contributed by atoms with E-state index >= 15 is 0 Å². The molecule has 1 aromatic carbocycles. The van der Waals surface area contributed by atoms with Gasteiger partial charge in [-0.05, 0) is 51.0 Å². The van der Waals surface area contributed by atoms with Crippen molar-refractivity contribution in [2.75, 3.05) is 25.4 Å². The van der Waals surface area contributed by atoms with Crippen molar-refractivity contribution >= 4 is 17.5 Å². The predicted octanol–water partition coefficient (Wildman–Crippen LogP) is 4.35. The normalized spacial score (nSPS) is 11.8. The lowest BCUT2D eigenvalue weighted by atomic mass is 10.1. The number of benzene rings is 1. The van der Waals surface area contributed by atoms with Crippen molar-refractivity contribution in [3.63, 3.8) is 0 Å². The summed E-state index contributed by atoms with van der Waals surface area (Å²) < 4.78 is 11.5. The van der Waals surface area contributed by atoms with Crippen molar-refractivity contribution in [2.45, 2.75) is 27.7 Å². The Labute approximate surface area is 137 Å². The van der Waals surface area contributed by atoms with E-state index < -0.39 is 0 Å². The van der Waals surface area contributed by atoms with Gasteiger partial charge in [0.15, 0.2) is 0 Å². The topological polar surface area (TPSA) is 40.0 Å². The highest BCUT2D eigenvalue weighted by Crippen LogP contribution is 2.29. The van der Waals surface area contributed by atoms with Crippen LogP contribution in [0.3, 0.4) is 0 Å². The van der Waals surface area contributed by atoms with Crippen LogP contribution in [0.5, 0.6) is 11.5 Å². The molecule has 1 aromatic rings. The van der Waals surface area contributed by atoms with Gasteiger partial charge in [-0.25, -0.2) is 0 Å². The summed E-state index contributed by atoms with van der Waals surface area (Å²) in [7, 11) is 1.55. The van der Waals surface area contributed by atoms with Crippen LogP contribution in [0.15, 0.2) is 29.4 Å². The number of rotatable bonds is 9. The maximum Gasteiger partial charge on any atom is 0.134 e. The minimum absolute atomic E-state index is 0.580. The molecule has 0 saturated heterocycles. The van der Waals surface area contributed by atoms with Crippen LogP contribution < -0.4 is 9.47 Å². The fourth-order valence-corrected chi connectivity index (χ4v) is 2.57. The van der Waals surface area contributed by atoms with Gasteiger partial charge in [-0.3, -0.25) is 0 Å². The highest BCUT2D eigenvalue weighted by Gasteiger charge is 2.07. The Kier molecular flexibility index (Phi) is 8.51. The first-order valence-corrected chi connectivity index (χ1v) is 8.36. The molecule has 0 saturated carbocycles. The number of nitrogens with zero attached hydrogens (tertiary/aromatic N) is 1. The standard InChI is InChI=1S/C17H25NO3S/c1-6-7-8-20-16-9-13(2)17(14(3)10-16)21-12-22-11-15(4)18-19-5/h6-7,9-10H,8,11-12H2,1-5H3/b7-6+,18-15?. The van der Waals surface area contributed by atoms with Gasteiger partial charge in [0.25, 0.3) is 0 Å². The molecule has 0 aliphatic heterocycles. The summed E-state index contributed by atoms with van der Waals surface area (Å²) in [5, 5.41) is 3.87. The molecule has 0 aromatic heterocycles. The molecule has 0 N–H and O–H groups in total. The Bertz CT molecular complexity index is 504. The molecule has 0 aliphatic carbocycles. The molecule has 0 radical (unpaired) electrons. The van der Waals surface area contributed by atoms with Crippen LogP contribution in [0.2, 0.25) is 0 Å². The molecule has 0 aliphatic rings. The number of ether oxygens (including phenoxy) is 2. The zero-order valence-corrected chi connectivity index (χ0v) is 14.8. The summed E-state index contributed by atoms with van der Waals surface area (Å²) >= 11 is 1.66. The second-order valence-electron chi connectivity index (χ2n) is 4.89. The quantitative estimate of drug-likeness (QED) is 0.223. The third-order valence-electron chi connectivity index (χ3n) is 2.86. The molecule has 0 fully saturated rings. The average molecular weight is 323 g/mol. The second-order valence-corrected chi connectivity index (χ2v) is 5.82. The summed E-state index contributed by atoms with van der Waals surface area (Å²) in [6.07, 6.45) is 3.96.